The van der Waals surface area contributed by atoms with Crippen LogP contribution in [0, 0.1) is 0 Å². The first-order valence-electron chi connectivity index (χ1n) is 7.32. The van der Waals surface area contributed by atoms with E-state index < -0.39 is 11.9 Å². The van der Waals surface area contributed by atoms with Crippen molar-refractivity contribution in [3.8, 4) is 0 Å². The zero-order chi connectivity index (χ0) is 16.7. The predicted molar refractivity (Wildman–Crippen MR) is 86.7 cm³/mol. The van der Waals surface area contributed by atoms with E-state index in [9.17, 15) is 9.59 Å². The van der Waals surface area contributed by atoms with Crippen molar-refractivity contribution in [2.24, 2.45) is 0 Å². The summed E-state index contributed by atoms with van der Waals surface area (Å²) in [6.07, 6.45) is 2.97. The van der Waals surface area contributed by atoms with Crippen molar-refractivity contribution in [1.82, 2.24) is 4.98 Å². The second-order valence-electron chi connectivity index (χ2n) is 4.52. The lowest BCUT2D eigenvalue weighted by Crippen LogP contribution is -2.19. The molecule has 1 aromatic heterocycles. The number of esters is 2. The fraction of sp³-hybridized carbons (Fsp3) is 0.235. The van der Waals surface area contributed by atoms with Crippen LogP contribution in [0.1, 0.15) is 13.8 Å². The Kier molecular flexibility index (Phi) is 5.68. The number of nitrogens with zero attached hydrogens (tertiary/aromatic N) is 1. The van der Waals surface area contributed by atoms with Gasteiger partial charge in [0, 0.05) is 17.8 Å². The quantitative estimate of drug-likeness (QED) is 0.382. The third-order valence-corrected chi connectivity index (χ3v) is 3.00. The lowest BCUT2D eigenvalue weighted by Gasteiger charge is -2.09. The van der Waals surface area contributed by atoms with Crippen molar-refractivity contribution < 1.29 is 19.1 Å². The summed E-state index contributed by atoms with van der Waals surface area (Å²) in [5.41, 5.74) is 1.22. The van der Waals surface area contributed by atoms with Crippen LogP contribution in [0.5, 0.6) is 0 Å². The molecule has 2 rings (SSSR count). The van der Waals surface area contributed by atoms with Crippen LogP contribution in [0.25, 0.3) is 10.9 Å². The number of hydrogen-bond acceptors (Lipinski definition) is 6. The summed E-state index contributed by atoms with van der Waals surface area (Å²) in [6, 6.07) is 9.35. The largest absolute Gasteiger partial charge is 0.462 e. The van der Waals surface area contributed by atoms with Crippen LogP contribution in [0.4, 0.5) is 5.69 Å². The molecule has 120 valence electrons. The third-order valence-electron chi connectivity index (χ3n) is 3.00. The van der Waals surface area contributed by atoms with Gasteiger partial charge in [-0.1, -0.05) is 18.2 Å². The highest BCUT2D eigenvalue weighted by Crippen LogP contribution is 2.21. The molecule has 6 nitrogen and oxygen atoms in total. The zero-order valence-corrected chi connectivity index (χ0v) is 13.0. The number of pyridine rings is 1. The topological polar surface area (TPSA) is 77.5 Å². The molecule has 0 saturated heterocycles. The molecule has 0 aliphatic rings. The summed E-state index contributed by atoms with van der Waals surface area (Å²) < 4.78 is 9.77. The Morgan fingerprint density at radius 1 is 1.09 bits per heavy atom. The summed E-state index contributed by atoms with van der Waals surface area (Å²) in [7, 11) is 0. The molecule has 1 N–H and O–H groups in total. The SMILES string of the molecule is CCOC(=O)C(=CNc1cccc2cccnc12)C(=O)OCC. The number of carbonyl (C=O) groups excluding carboxylic acids is 2. The van der Waals surface area contributed by atoms with E-state index in [0.717, 1.165) is 10.9 Å². The Morgan fingerprint density at radius 3 is 2.39 bits per heavy atom. The minimum atomic E-state index is -0.730. The van der Waals surface area contributed by atoms with Gasteiger partial charge in [-0.05, 0) is 26.0 Å². The predicted octanol–water partition coefficient (Wildman–Crippen LogP) is 2.66. The van der Waals surface area contributed by atoms with Gasteiger partial charge in [0.25, 0.3) is 0 Å². The number of fused-ring (bicyclic) bond motifs is 1. The highest BCUT2D eigenvalue weighted by atomic mass is 16.6. The summed E-state index contributed by atoms with van der Waals surface area (Å²) in [6.45, 7) is 3.68. The molecule has 0 bridgehead atoms. The maximum atomic E-state index is 11.9. The maximum absolute atomic E-state index is 11.9. The normalized spacial score (nSPS) is 10.0. The lowest BCUT2D eigenvalue weighted by atomic mass is 10.2. The summed E-state index contributed by atoms with van der Waals surface area (Å²) in [5, 5.41) is 3.88. The van der Waals surface area contributed by atoms with Crippen molar-refractivity contribution >= 4 is 28.5 Å². The maximum Gasteiger partial charge on any atom is 0.347 e. The van der Waals surface area contributed by atoms with Crippen LogP contribution < -0.4 is 5.32 Å². The minimum Gasteiger partial charge on any atom is -0.462 e. The number of ether oxygens (including phenoxy) is 2. The molecule has 1 heterocycles. The Morgan fingerprint density at radius 2 is 1.74 bits per heavy atom. The molecular weight excluding hydrogens is 296 g/mol. The van der Waals surface area contributed by atoms with E-state index in [0.29, 0.717) is 5.69 Å². The number of carbonyl (C=O) groups is 2. The first-order valence-corrected chi connectivity index (χ1v) is 7.32. The third kappa shape index (κ3) is 4.06. The number of hydrogen-bond donors (Lipinski definition) is 1. The Hall–Kier alpha value is -2.89. The van der Waals surface area contributed by atoms with E-state index in [2.05, 4.69) is 10.3 Å². The van der Waals surface area contributed by atoms with Gasteiger partial charge in [0.2, 0.25) is 0 Å². The molecule has 0 spiro atoms. The second kappa shape index (κ2) is 7.93. The van der Waals surface area contributed by atoms with Crippen LogP contribution in [0.3, 0.4) is 0 Å². The number of nitrogens with one attached hydrogen (secondary N) is 1. The number of rotatable bonds is 6. The molecule has 0 saturated carbocycles. The molecule has 0 aliphatic heterocycles. The average Bonchev–Trinajstić information content (AvgIpc) is 2.55. The smallest absolute Gasteiger partial charge is 0.347 e. The molecule has 1 aromatic carbocycles. The average molecular weight is 314 g/mol. The van der Waals surface area contributed by atoms with Gasteiger partial charge in [0.1, 0.15) is 0 Å². The lowest BCUT2D eigenvalue weighted by molar-refractivity contribution is -0.146. The number of aromatic nitrogens is 1. The van der Waals surface area contributed by atoms with Crippen molar-refractivity contribution in [1.29, 1.82) is 0 Å². The van der Waals surface area contributed by atoms with Gasteiger partial charge < -0.3 is 14.8 Å². The van der Waals surface area contributed by atoms with Crippen LogP contribution in [0.2, 0.25) is 0 Å². The molecule has 23 heavy (non-hydrogen) atoms. The van der Waals surface area contributed by atoms with Crippen molar-refractivity contribution in [2.75, 3.05) is 18.5 Å². The van der Waals surface area contributed by atoms with Crippen LogP contribution in [-0.4, -0.2) is 30.1 Å². The molecular formula is C17H18N2O4. The monoisotopic (exact) mass is 314 g/mol. The molecule has 2 aromatic rings. The summed E-state index contributed by atoms with van der Waals surface area (Å²) >= 11 is 0. The van der Waals surface area contributed by atoms with E-state index in [1.54, 1.807) is 26.1 Å². The fourth-order valence-corrected chi connectivity index (χ4v) is 1.99. The van der Waals surface area contributed by atoms with Gasteiger partial charge in [-0.2, -0.15) is 0 Å². The molecule has 0 amide bonds. The van der Waals surface area contributed by atoms with Crippen molar-refractivity contribution in [2.45, 2.75) is 13.8 Å². The van der Waals surface area contributed by atoms with E-state index in [-0.39, 0.29) is 18.8 Å². The first-order chi connectivity index (χ1) is 11.2. The number of anilines is 1. The van der Waals surface area contributed by atoms with E-state index >= 15 is 0 Å². The molecule has 0 atom stereocenters. The minimum absolute atomic E-state index is 0.172. The van der Waals surface area contributed by atoms with Gasteiger partial charge in [0.15, 0.2) is 5.57 Å². The van der Waals surface area contributed by atoms with Gasteiger partial charge in [-0.3, -0.25) is 4.98 Å². The zero-order valence-electron chi connectivity index (χ0n) is 13.0. The molecule has 0 aliphatic carbocycles. The van der Waals surface area contributed by atoms with Crippen LogP contribution in [-0.2, 0) is 19.1 Å². The van der Waals surface area contributed by atoms with E-state index in [1.807, 2.05) is 24.3 Å². The highest BCUT2D eigenvalue weighted by molar-refractivity contribution is 6.14. The highest BCUT2D eigenvalue weighted by Gasteiger charge is 2.21. The summed E-state index contributed by atoms with van der Waals surface area (Å²) in [5.74, 6) is -1.46. The molecule has 6 heteroatoms. The number of para-hydroxylation sites is 1. The fourth-order valence-electron chi connectivity index (χ4n) is 1.99. The first kappa shape index (κ1) is 16.5. The van der Waals surface area contributed by atoms with Gasteiger partial charge >= 0.3 is 11.9 Å². The van der Waals surface area contributed by atoms with Gasteiger partial charge in [-0.25, -0.2) is 9.59 Å². The Bertz CT molecular complexity index is 715. The van der Waals surface area contributed by atoms with Gasteiger partial charge in [0.05, 0.1) is 24.4 Å². The molecule has 0 fully saturated rings. The van der Waals surface area contributed by atoms with Crippen molar-refractivity contribution in [3.05, 3.63) is 48.3 Å². The molecule has 0 unspecified atom stereocenters. The summed E-state index contributed by atoms with van der Waals surface area (Å²) in [4.78, 5) is 28.1. The second-order valence-corrected chi connectivity index (χ2v) is 4.52. The Labute approximate surface area is 134 Å². The van der Waals surface area contributed by atoms with Crippen molar-refractivity contribution in [3.63, 3.8) is 0 Å². The number of benzene rings is 1. The molecule has 0 radical (unpaired) electrons. The Balaban J connectivity index is 2.31. The standard InChI is InChI=1S/C17H18N2O4/c1-3-22-16(20)13(17(21)23-4-2)11-19-14-9-5-7-12-8-6-10-18-15(12)14/h5-11,19H,3-4H2,1-2H3. The van der Waals surface area contributed by atoms with E-state index in [4.69, 9.17) is 9.47 Å². The van der Waals surface area contributed by atoms with Crippen LogP contribution >= 0.6 is 0 Å². The van der Waals surface area contributed by atoms with Gasteiger partial charge in [-0.15, -0.1) is 0 Å². The van der Waals surface area contributed by atoms with Crippen LogP contribution in [0.15, 0.2) is 48.3 Å². The van der Waals surface area contributed by atoms with E-state index in [1.165, 1.54) is 6.20 Å².